The summed E-state index contributed by atoms with van der Waals surface area (Å²) in [4.78, 5) is 2.40. The smallest absolute Gasteiger partial charge is 0.242 e. The molecule has 0 amide bonds. The molecule has 1 heterocycles. The van der Waals surface area contributed by atoms with Crippen LogP contribution in [0.1, 0.15) is 20.3 Å². The summed E-state index contributed by atoms with van der Waals surface area (Å²) in [6.07, 6.45) is 0.962. The van der Waals surface area contributed by atoms with Gasteiger partial charge in [-0.15, -0.1) is 0 Å². The van der Waals surface area contributed by atoms with Crippen LogP contribution in [0.5, 0.6) is 0 Å². The highest BCUT2D eigenvalue weighted by molar-refractivity contribution is 7.89. The Balaban J connectivity index is 2.59. The van der Waals surface area contributed by atoms with Crippen LogP contribution >= 0.6 is 0 Å². The Kier molecular flexibility index (Phi) is 3.49. The highest BCUT2D eigenvalue weighted by atomic mass is 32.2. The van der Waals surface area contributed by atoms with Crippen LogP contribution < -0.4 is 15.4 Å². The van der Waals surface area contributed by atoms with Crippen LogP contribution in [0.25, 0.3) is 0 Å². The van der Waals surface area contributed by atoms with Crippen molar-refractivity contribution in [2.45, 2.75) is 31.2 Å². The summed E-state index contributed by atoms with van der Waals surface area (Å²) in [6.45, 7) is 5.28. The summed E-state index contributed by atoms with van der Waals surface area (Å²) < 4.78 is 26.8. The van der Waals surface area contributed by atoms with Crippen molar-refractivity contribution in [3.8, 4) is 0 Å². The van der Waals surface area contributed by atoms with Crippen molar-refractivity contribution in [2.24, 2.45) is 0 Å². The molecule has 0 aliphatic carbocycles. The topological polar surface area (TPSA) is 75.4 Å². The van der Waals surface area contributed by atoms with Gasteiger partial charge in [0.2, 0.25) is 10.0 Å². The van der Waals surface area contributed by atoms with E-state index in [0.717, 1.165) is 12.1 Å². The van der Waals surface area contributed by atoms with Gasteiger partial charge in [0, 0.05) is 24.8 Å². The van der Waals surface area contributed by atoms with Crippen LogP contribution in [-0.4, -0.2) is 27.5 Å². The van der Waals surface area contributed by atoms with Gasteiger partial charge >= 0.3 is 0 Å². The van der Waals surface area contributed by atoms with Crippen LogP contribution in [0.2, 0.25) is 0 Å². The third-order valence-corrected chi connectivity index (χ3v) is 4.84. The van der Waals surface area contributed by atoms with E-state index in [0.29, 0.717) is 24.8 Å². The third-order valence-electron chi connectivity index (χ3n) is 3.35. The fourth-order valence-corrected chi connectivity index (χ4v) is 3.43. The van der Waals surface area contributed by atoms with E-state index in [2.05, 4.69) is 23.5 Å². The largest absolute Gasteiger partial charge is 0.399 e. The van der Waals surface area contributed by atoms with Gasteiger partial charge in [0.1, 0.15) is 4.90 Å². The summed E-state index contributed by atoms with van der Waals surface area (Å²) >= 11 is 0. The summed E-state index contributed by atoms with van der Waals surface area (Å²) in [5, 5.41) is 0. The van der Waals surface area contributed by atoms with Crippen molar-refractivity contribution in [1.29, 1.82) is 0 Å². The predicted octanol–water partition coefficient (Wildman–Crippen LogP) is 1.17. The number of hydrogen-bond donors (Lipinski definition) is 2. The number of rotatable bonds is 2. The Hall–Kier alpha value is -1.27. The normalized spacial score (nSPS) is 20.0. The summed E-state index contributed by atoms with van der Waals surface area (Å²) in [7, 11) is -3.45. The number of anilines is 2. The number of sulfonamides is 1. The summed E-state index contributed by atoms with van der Waals surface area (Å²) in [5.74, 6) is 0. The number of nitrogen functional groups attached to an aromatic ring is 1. The average molecular weight is 269 g/mol. The van der Waals surface area contributed by atoms with E-state index in [1.807, 2.05) is 0 Å². The minimum absolute atomic E-state index is 0.278. The molecule has 1 aliphatic heterocycles. The number of fused-ring (bicyclic) bond motifs is 1. The maximum absolute atomic E-state index is 12.1. The molecule has 1 aromatic carbocycles. The van der Waals surface area contributed by atoms with E-state index < -0.39 is 10.0 Å². The molecule has 0 spiro atoms. The highest BCUT2D eigenvalue weighted by Crippen LogP contribution is 2.30. The van der Waals surface area contributed by atoms with Gasteiger partial charge in [-0.1, -0.05) is 6.92 Å². The molecule has 0 aromatic heterocycles. The first-order chi connectivity index (χ1) is 8.45. The first-order valence-corrected chi connectivity index (χ1v) is 7.60. The van der Waals surface area contributed by atoms with E-state index in [1.54, 1.807) is 12.1 Å². The van der Waals surface area contributed by atoms with Crippen LogP contribution in [0.4, 0.5) is 11.4 Å². The lowest BCUT2D eigenvalue weighted by Crippen LogP contribution is -2.36. The van der Waals surface area contributed by atoms with Gasteiger partial charge in [-0.25, -0.2) is 13.1 Å². The van der Waals surface area contributed by atoms with E-state index in [-0.39, 0.29) is 4.90 Å². The number of benzene rings is 1. The van der Waals surface area contributed by atoms with E-state index in [1.165, 1.54) is 6.07 Å². The fourth-order valence-electron chi connectivity index (χ4n) is 2.16. The van der Waals surface area contributed by atoms with Crippen molar-refractivity contribution >= 4 is 21.4 Å². The lowest BCUT2D eigenvalue weighted by Gasteiger charge is -2.30. The molecule has 1 atom stereocenters. The Bertz CT molecular complexity index is 542. The highest BCUT2D eigenvalue weighted by Gasteiger charge is 2.27. The molecule has 2 rings (SSSR count). The molecule has 18 heavy (non-hydrogen) atoms. The molecule has 5 nitrogen and oxygen atoms in total. The zero-order valence-corrected chi connectivity index (χ0v) is 11.5. The molecule has 0 radical (unpaired) electrons. The number of nitrogens with one attached hydrogen (secondary N) is 1. The van der Waals surface area contributed by atoms with Crippen molar-refractivity contribution in [2.75, 3.05) is 23.7 Å². The van der Waals surface area contributed by atoms with Crippen LogP contribution in [0, 0.1) is 0 Å². The maximum atomic E-state index is 12.1. The van der Waals surface area contributed by atoms with Gasteiger partial charge in [0.25, 0.3) is 0 Å². The SMILES string of the molecule is CCC(C)N1CCNS(=O)(=O)c2cc(N)ccc21. The van der Waals surface area contributed by atoms with Crippen molar-refractivity contribution in [1.82, 2.24) is 4.72 Å². The summed E-state index contributed by atoms with van der Waals surface area (Å²) in [6, 6.07) is 5.36. The van der Waals surface area contributed by atoms with Gasteiger partial charge in [0.15, 0.2) is 0 Å². The Morgan fingerprint density at radius 2 is 2.22 bits per heavy atom. The number of hydrogen-bond acceptors (Lipinski definition) is 4. The number of nitrogens with two attached hydrogens (primary N) is 1. The van der Waals surface area contributed by atoms with E-state index >= 15 is 0 Å². The molecule has 1 unspecified atom stereocenters. The second-order valence-corrected chi connectivity index (χ2v) is 6.31. The predicted molar refractivity (Wildman–Crippen MR) is 73.1 cm³/mol. The minimum Gasteiger partial charge on any atom is -0.399 e. The Labute approximate surface area is 108 Å². The molecule has 1 aliphatic rings. The monoisotopic (exact) mass is 269 g/mol. The third kappa shape index (κ3) is 2.30. The fraction of sp³-hybridized carbons (Fsp3) is 0.500. The van der Waals surface area contributed by atoms with Crippen molar-refractivity contribution < 1.29 is 8.42 Å². The Morgan fingerprint density at radius 1 is 1.50 bits per heavy atom. The van der Waals surface area contributed by atoms with Crippen molar-refractivity contribution in [3.63, 3.8) is 0 Å². The van der Waals surface area contributed by atoms with Gasteiger partial charge in [-0.3, -0.25) is 0 Å². The lowest BCUT2D eigenvalue weighted by atomic mass is 10.1. The van der Waals surface area contributed by atoms with Gasteiger partial charge in [-0.2, -0.15) is 0 Å². The molecule has 100 valence electrons. The molecule has 3 N–H and O–H groups in total. The molecule has 6 heteroatoms. The molecule has 0 bridgehead atoms. The van der Waals surface area contributed by atoms with E-state index in [4.69, 9.17) is 5.73 Å². The van der Waals surface area contributed by atoms with Gasteiger partial charge in [-0.05, 0) is 31.5 Å². The molecule has 0 saturated heterocycles. The molecular formula is C12H19N3O2S. The molecule has 0 fully saturated rings. The quantitative estimate of drug-likeness (QED) is 0.790. The minimum atomic E-state index is -3.45. The van der Waals surface area contributed by atoms with E-state index in [9.17, 15) is 8.42 Å². The molecular weight excluding hydrogens is 250 g/mol. The van der Waals surface area contributed by atoms with Gasteiger partial charge < -0.3 is 10.6 Å². The first-order valence-electron chi connectivity index (χ1n) is 6.11. The average Bonchev–Trinajstić information content (AvgIpc) is 2.46. The maximum Gasteiger partial charge on any atom is 0.242 e. The summed E-state index contributed by atoms with van der Waals surface area (Å²) in [5.41, 5.74) is 6.90. The Morgan fingerprint density at radius 3 is 2.89 bits per heavy atom. The second-order valence-electron chi connectivity index (χ2n) is 4.58. The second kappa shape index (κ2) is 4.78. The van der Waals surface area contributed by atoms with Crippen LogP contribution in [0.15, 0.2) is 23.1 Å². The zero-order chi connectivity index (χ0) is 13.3. The van der Waals surface area contributed by atoms with Crippen LogP contribution in [0.3, 0.4) is 0 Å². The molecule has 0 saturated carbocycles. The first kappa shape index (κ1) is 13.2. The number of nitrogens with zero attached hydrogens (tertiary/aromatic N) is 1. The standard InChI is InChI=1S/C12H19N3O2S/c1-3-9(2)15-7-6-14-18(16,17)12-8-10(13)4-5-11(12)15/h4-5,8-9,14H,3,6-7,13H2,1-2H3. The van der Waals surface area contributed by atoms with Crippen molar-refractivity contribution in [3.05, 3.63) is 18.2 Å². The van der Waals surface area contributed by atoms with Crippen LogP contribution in [-0.2, 0) is 10.0 Å². The van der Waals surface area contributed by atoms with Gasteiger partial charge in [0.05, 0.1) is 5.69 Å². The molecule has 1 aromatic rings. The zero-order valence-electron chi connectivity index (χ0n) is 10.7. The lowest BCUT2D eigenvalue weighted by molar-refractivity contribution is 0.582.